The normalized spacial score (nSPS) is 18.9. The van der Waals surface area contributed by atoms with E-state index in [1.807, 2.05) is 6.92 Å². The second kappa shape index (κ2) is 7.04. The van der Waals surface area contributed by atoms with E-state index in [0.717, 1.165) is 12.3 Å². The van der Waals surface area contributed by atoms with Crippen LogP contribution >= 0.6 is 12.4 Å². The highest BCUT2D eigenvalue weighted by Crippen LogP contribution is 2.33. The molecule has 1 amide bonds. The molecule has 0 aromatic heterocycles. The van der Waals surface area contributed by atoms with Crippen LogP contribution in [0.1, 0.15) is 26.2 Å². The Morgan fingerprint density at radius 1 is 1.60 bits per heavy atom. The van der Waals surface area contributed by atoms with Gasteiger partial charge in [0, 0.05) is 19.7 Å². The fourth-order valence-electron chi connectivity index (χ4n) is 1.56. The summed E-state index contributed by atoms with van der Waals surface area (Å²) in [5, 5.41) is 2.91. The van der Waals surface area contributed by atoms with Crippen LogP contribution in [0, 0.1) is 5.92 Å². The molecule has 90 valence electrons. The third-order valence-corrected chi connectivity index (χ3v) is 2.56. The van der Waals surface area contributed by atoms with E-state index in [4.69, 9.17) is 10.5 Å². The van der Waals surface area contributed by atoms with Crippen molar-refractivity contribution in [3.8, 4) is 0 Å². The third-order valence-electron chi connectivity index (χ3n) is 2.56. The lowest BCUT2D eigenvalue weighted by molar-refractivity contribution is -0.131. The molecule has 0 aromatic rings. The van der Waals surface area contributed by atoms with Crippen molar-refractivity contribution < 1.29 is 9.53 Å². The first kappa shape index (κ1) is 14.7. The number of hydrogen-bond donors (Lipinski definition) is 2. The van der Waals surface area contributed by atoms with Gasteiger partial charge in [0.2, 0.25) is 0 Å². The molecule has 1 saturated carbocycles. The van der Waals surface area contributed by atoms with Crippen molar-refractivity contribution >= 4 is 18.3 Å². The van der Waals surface area contributed by atoms with Gasteiger partial charge in [-0.1, -0.05) is 12.8 Å². The summed E-state index contributed by atoms with van der Waals surface area (Å²) in [4.78, 5) is 11.5. The molecule has 0 saturated heterocycles. The number of hydrogen-bond acceptors (Lipinski definition) is 3. The fraction of sp³-hybridized carbons (Fsp3) is 0.900. The number of amides is 1. The summed E-state index contributed by atoms with van der Waals surface area (Å²) in [6.07, 6.45) is 3.19. The van der Waals surface area contributed by atoms with Gasteiger partial charge in [-0.15, -0.1) is 12.4 Å². The maximum atomic E-state index is 11.5. The number of methoxy groups -OCH3 is 1. The van der Waals surface area contributed by atoms with E-state index in [0.29, 0.717) is 0 Å². The van der Waals surface area contributed by atoms with Crippen molar-refractivity contribution in [2.75, 3.05) is 13.7 Å². The highest BCUT2D eigenvalue weighted by molar-refractivity contribution is 5.85. The molecule has 0 spiro atoms. The number of nitrogens with one attached hydrogen (secondary N) is 1. The van der Waals surface area contributed by atoms with Crippen LogP contribution in [0.25, 0.3) is 0 Å². The monoisotopic (exact) mass is 236 g/mol. The first-order valence-corrected chi connectivity index (χ1v) is 5.20. The maximum absolute atomic E-state index is 11.5. The molecule has 1 fully saturated rings. The van der Waals surface area contributed by atoms with Crippen LogP contribution in [-0.2, 0) is 9.53 Å². The zero-order valence-corrected chi connectivity index (χ0v) is 10.2. The molecule has 1 aliphatic carbocycles. The van der Waals surface area contributed by atoms with Crippen molar-refractivity contribution in [3.05, 3.63) is 0 Å². The predicted octanol–water partition coefficient (Wildman–Crippen LogP) is 0.687. The number of rotatable bonds is 6. The Kier molecular flexibility index (Phi) is 6.89. The van der Waals surface area contributed by atoms with E-state index in [9.17, 15) is 4.79 Å². The van der Waals surface area contributed by atoms with Gasteiger partial charge in [-0.05, 0) is 19.3 Å². The summed E-state index contributed by atoms with van der Waals surface area (Å²) >= 11 is 0. The van der Waals surface area contributed by atoms with Crippen LogP contribution in [0.4, 0.5) is 0 Å². The minimum atomic E-state index is -0.503. The average Bonchev–Trinajstić information content (AvgIpc) is 2.90. The lowest BCUT2D eigenvalue weighted by Crippen LogP contribution is -2.44. The summed E-state index contributed by atoms with van der Waals surface area (Å²) in [6.45, 7) is 2.26. The number of nitrogens with two attached hydrogens (primary N) is 1. The third kappa shape index (κ3) is 5.35. The van der Waals surface area contributed by atoms with Crippen molar-refractivity contribution in [2.24, 2.45) is 11.7 Å². The Bertz CT molecular complexity index is 194. The Labute approximate surface area is 97.3 Å². The summed E-state index contributed by atoms with van der Waals surface area (Å²) in [7, 11) is 1.50. The minimum Gasteiger partial charge on any atom is -0.370 e. The SMILES string of the molecule is COC(CN)C(=O)NC(C)CC1CC1.Cl. The van der Waals surface area contributed by atoms with E-state index >= 15 is 0 Å². The van der Waals surface area contributed by atoms with Gasteiger partial charge in [-0.2, -0.15) is 0 Å². The molecule has 3 N–H and O–H groups in total. The zero-order chi connectivity index (χ0) is 10.6. The van der Waals surface area contributed by atoms with Crippen LogP contribution in [0.15, 0.2) is 0 Å². The van der Waals surface area contributed by atoms with Gasteiger partial charge in [-0.3, -0.25) is 4.79 Å². The lowest BCUT2D eigenvalue weighted by atomic mass is 10.1. The van der Waals surface area contributed by atoms with Crippen molar-refractivity contribution in [1.29, 1.82) is 0 Å². The molecular weight excluding hydrogens is 216 g/mol. The molecule has 0 radical (unpaired) electrons. The van der Waals surface area contributed by atoms with Crippen molar-refractivity contribution in [1.82, 2.24) is 5.32 Å². The summed E-state index contributed by atoms with van der Waals surface area (Å²) < 4.78 is 4.95. The van der Waals surface area contributed by atoms with E-state index < -0.39 is 6.10 Å². The molecule has 2 atom stereocenters. The zero-order valence-electron chi connectivity index (χ0n) is 9.36. The quantitative estimate of drug-likeness (QED) is 0.713. The van der Waals surface area contributed by atoms with Crippen LogP contribution in [0.5, 0.6) is 0 Å². The van der Waals surface area contributed by atoms with Gasteiger partial charge in [-0.25, -0.2) is 0 Å². The van der Waals surface area contributed by atoms with Crippen molar-refractivity contribution in [2.45, 2.75) is 38.3 Å². The largest absolute Gasteiger partial charge is 0.370 e. The molecule has 0 heterocycles. The highest BCUT2D eigenvalue weighted by atomic mass is 35.5. The molecule has 1 rings (SSSR count). The van der Waals surface area contributed by atoms with E-state index in [2.05, 4.69) is 5.32 Å². The van der Waals surface area contributed by atoms with Crippen LogP contribution in [0.2, 0.25) is 0 Å². The number of halogens is 1. The molecule has 2 unspecified atom stereocenters. The number of carbonyl (C=O) groups is 1. The molecular formula is C10H21ClN2O2. The van der Waals surface area contributed by atoms with Crippen LogP contribution in [0.3, 0.4) is 0 Å². The van der Waals surface area contributed by atoms with Crippen LogP contribution in [-0.4, -0.2) is 31.7 Å². The molecule has 0 bridgehead atoms. The van der Waals surface area contributed by atoms with Gasteiger partial charge in [0.05, 0.1) is 0 Å². The van der Waals surface area contributed by atoms with Gasteiger partial charge >= 0.3 is 0 Å². The van der Waals surface area contributed by atoms with Gasteiger partial charge < -0.3 is 15.8 Å². The Morgan fingerprint density at radius 3 is 2.60 bits per heavy atom. The first-order valence-electron chi connectivity index (χ1n) is 5.20. The second-order valence-electron chi connectivity index (χ2n) is 4.05. The van der Waals surface area contributed by atoms with Crippen LogP contribution < -0.4 is 11.1 Å². The predicted molar refractivity (Wildman–Crippen MR) is 62.0 cm³/mol. The molecule has 0 aliphatic heterocycles. The average molecular weight is 237 g/mol. The standard InChI is InChI=1S/C10H20N2O2.ClH/c1-7(5-8-3-4-8)12-10(13)9(6-11)14-2;/h7-9H,3-6,11H2,1-2H3,(H,12,13);1H. The maximum Gasteiger partial charge on any atom is 0.250 e. The number of ether oxygens (including phenoxy) is 1. The van der Waals surface area contributed by atoms with Gasteiger partial charge in [0.15, 0.2) is 0 Å². The molecule has 5 heteroatoms. The fourth-order valence-corrected chi connectivity index (χ4v) is 1.56. The Balaban J connectivity index is 0.00000196. The Morgan fingerprint density at radius 2 is 2.20 bits per heavy atom. The molecule has 0 aromatic carbocycles. The molecule has 4 nitrogen and oxygen atoms in total. The van der Waals surface area contributed by atoms with E-state index in [1.54, 1.807) is 0 Å². The van der Waals surface area contributed by atoms with E-state index in [1.165, 1.54) is 20.0 Å². The van der Waals surface area contributed by atoms with Gasteiger partial charge in [0.25, 0.3) is 5.91 Å². The Hall–Kier alpha value is -0.320. The van der Waals surface area contributed by atoms with Gasteiger partial charge in [0.1, 0.15) is 6.10 Å². The highest BCUT2D eigenvalue weighted by Gasteiger charge is 2.25. The molecule has 15 heavy (non-hydrogen) atoms. The smallest absolute Gasteiger partial charge is 0.250 e. The number of carbonyl (C=O) groups excluding carboxylic acids is 1. The molecule has 1 aliphatic rings. The van der Waals surface area contributed by atoms with E-state index in [-0.39, 0.29) is 30.9 Å². The summed E-state index contributed by atoms with van der Waals surface area (Å²) in [6, 6.07) is 0.235. The first-order chi connectivity index (χ1) is 6.67. The topological polar surface area (TPSA) is 64.3 Å². The second-order valence-corrected chi connectivity index (χ2v) is 4.05. The lowest BCUT2D eigenvalue weighted by Gasteiger charge is -2.17. The summed E-state index contributed by atoms with van der Waals surface area (Å²) in [5.74, 6) is 0.729. The minimum absolute atomic E-state index is 0. The van der Waals surface area contributed by atoms with Crippen molar-refractivity contribution in [3.63, 3.8) is 0 Å². The summed E-state index contributed by atoms with van der Waals surface area (Å²) in [5.41, 5.74) is 5.39.